The van der Waals surface area contributed by atoms with E-state index < -0.39 is 5.97 Å². The number of rotatable bonds is 2. The first-order valence-corrected chi connectivity index (χ1v) is 2.40. The second-order valence-corrected chi connectivity index (χ2v) is 1.14. The molecule has 0 fully saturated rings. The molecule has 0 bridgehead atoms. The molecule has 50 valence electrons. The quantitative estimate of drug-likeness (QED) is 0.414. The molecule has 0 aliphatic rings. The summed E-state index contributed by atoms with van der Waals surface area (Å²) in [7, 11) is 0.750. The average molecular weight is 142 g/mol. The molecule has 0 radical (unpaired) electrons. The maximum Gasteiger partial charge on any atom is 1.00 e. The molecule has 0 aromatic rings. The summed E-state index contributed by atoms with van der Waals surface area (Å²) in [6.07, 6.45) is 1.02. The van der Waals surface area contributed by atoms with E-state index in [1.807, 2.05) is 6.92 Å². The van der Waals surface area contributed by atoms with Crippen LogP contribution in [0.15, 0.2) is 0 Å². The Morgan fingerprint density at radius 3 is 1.89 bits per heavy atom. The van der Waals surface area contributed by atoms with Crippen LogP contribution < -0.4 is 34.7 Å². The predicted octanol–water partition coefficient (Wildman–Crippen LogP) is -3.15. The van der Waals surface area contributed by atoms with Crippen molar-refractivity contribution in [3.63, 3.8) is 0 Å². The van der Waals surface area contributed by atoms with Gasteiger partial charge in [0.2, 0.25) is 0 Å². The second kappa shape index (κ2) is 15.8. The molecular weight excluding hydrogens is 131 g/mol. The van der Waals surface area contributed by atoms with Crippen LogP contribution in [0.2, 0.25) is 0 Å². The number of aliphatic carboxylic acids is 1. The van der Waals surface area contributed by atoms with E-state index in [4.69, 9.17) is 10.2 Å². The van der Waals surface area contributed by atoms with E-state index in [1.165, 1.54) is 0 Å². The number of hydrogen-bond donors (Lipinski definition) is 1. The third-order valence-corrected chi connectivity index (χ3v) is 0.464. The van der Waals surface area contributed by atoms with Crippen molar-refractivity contribution in [1.29, 1.82) is 0 Å². The van der Waals surface area contributed by atoms with Gasteiger partial charge in [-0.15, -0.1) is 0 Å². The fraction of sp³-hybridized carbons (Fsp3) is 0.800. The van der Waals surface area contributed by atoms with Gasteiger partial charge in [0.25, 0.3) is 0 Å². The topological polar surface area (TPSA) is 60.4 Å². The van der Waals surface area contributed by atoms with Crippen molar-refractivity contribution in [2.75, 3.05) is 7.11 Å². The summed E-state index contributed by atoms with van der Waals surface area (Å²) in [5, 5.41) is 16.2. The molecule has 0 rings (SSSR count). The van der Waals surface area contributed by atoms with Crippen molar-refractivity contribution in [1.82, 2.24) is 0 Å². The Bertz CT molecular complexity index is 56.2. The molecule has 1 N–H and O–H groups in total. The van der Waals surface area contributed by atoms with Crippen molar-refractivity contribution >= 4 is 5.97 Å². The van der Waals surface area contributed by atoms with Crippen molar-refractivity contribution in [2.24, 2.45) is 0 Å². The average Bonchev–Trinajstić information content (AvgIpc) is 1.72. The monoisotopic (exact) mass is 142 g/mol. The molecular formula is C5H11NaO3. The minimum Gasteiger partial charge on any atom is -0.857 e. The first-order chi connectivity index (χ1) is 3.77. The van der Waals surface area contributed by atoms with Crippen molar-refractivity contribution < 1.29 is 44.6 Å². The molecule has 0 atom stereocenters. The fourth-order valence-electron chi connectivity index (χ4n) is 0.214. The van der Waals surface area contributed by atoms with E-state index in [2.05, 4.69) is 0 Å². The molecule has 4 heteroatoms. The Morgan fingerprint density at radius 2 is 1.89 bits per heavy atom. The minimum atomic E-state index is -0.711. The van der Waals surface area contributed by atoms with E-state index in [1.54, 1.807) is 0 Å². The van der Waals surface area contributed by atoms with Crippen LogP contribution in [0.3, 0.4) is 0 Å². The Morgan fingerprint density at radius 1 is 1.56 bits per heavy atom. The molecule has 0 aromatic heterocycles. The van der Waals surface area contributed by atoms with E-state index >= 15 is 0 Å². The molecule has 3 nitrogen and oxygen atoms in total. The first kappa shape index (κ1) is 16.2. The van der Waals surface area contributed by atoms with Crippen LogP contribution >= 0.6 is 0 Å². The summed E-state index contributed by atoms with van der Waals surface area (Å²) in [5.74, 6) is -0.711. The van der Waals surface area contributed by atoms with Gasteiger partial charge in [-0.05, 0) is 6.42 Å². The minimum absolute atomic E-state index is 0. The standard InChI is InChI=1S/C4H8O2.CH3O.Na/c1-2-3-4(5)6;1-2;/h2-3H2,1H3,(H,5,6);1H3;/q;-1;+1. The van der Waals surface area contributed by atoms with Crippen molar-refractivity contribution in [2.45, 2.75) is 19.8 Å². The maximum atomic E-state index is 9.60. The summed E-state index contributed by atoms with van der Waals surface area (Å²) < 4.78 is 0. The molecule has 0 aromatic carbocycles. The van der Waals surface area contributed by atoms with Crippen LogP contribution in [0.1, 0.15) is 19.8 Å². The smallest absolute Gasteiger partial charge is 0.857 e. The van der Waals surface area contributed by atoms with Gasteiger partial charge >= 0.3 is 35.5 Å². The zero-order chi connectivity index (χ0) is 6.99. The van der Waals surface area contributed by atoms with Crippen LogP contribution in [0.25, 0.3) is 0 Å². The zero-order valence-electron chi connectivity index (χ0n) is 6.18. The van der Waals surface area contributed by atoms with Crippen LogP contribution in [0.4, 0.5) is 0 Å². The zero-order valence-corrected chi connectivity index (χ0v) is 8.18. The summed E-state index contributed by atoms with van der Waals surface area (Å²) in [4.78, 5) is 9.60. The van der Waals surface area contributed by atoms with Crippen LogP contribution in [-0.4, -0.2) is 18.2 Å². The van der Waals surface area contributed by atoms with Gasteiger partial charge in [-0.25, -0.2) is 0 Å². The van der Waals surface area contributed by atoms with Crippen molar-refractivity contribution in [3.05, 3.63) is 0 Å². The third-order valence-electron chi connectivity index (χ3n) is 0.464. The van der Waals surface area contributed by atoms with E-state index in [9.17, 15) is 4.79 Å². The molecule has 0 amide bonds. The van der Waals surface area contributed by atoms with Crippen LogP contribution in [0.5, 0.6) is 0 Å². The molecule has 9 heavy (non-hydrogen) atoms. The van der Waals surface area contributed by atoms with E-state index in [0.29, 0.717) is 6.42 Å². The van der Waals surface area contributed by atoms with Crippen LogP contribution in [0, 0.1) is 0 Å². The number of carboxylic acid groups (broad SMARTS) is 1. The fourth-order valence-corrected chi connectivity index (χ4v) is 0.214. The molecule has 0 unspecified atom stereocenters. The SMILES string of the molecule is CCCC(=O)O.C[O-].[Na+]. The Kier molecular flexibility index (Phi) is 28.4. The Labute approximate surface area is 77.4 Å². The molecule has 0 heterocycles. The molecule has 0 saturated carbocycles. The largest absolute Gasteiger partial charge is 1.00 e. The summed E-state index contributed by atoms with van der Waals surface area (Å²) >= 11 is 0. The van der Waals surface area contributed by atoms with Gasteiger partial charge in [-0.2, -0.15) is 7.11 Å². The maximum absolute atomic E-state index is 9.60. The van der Waals surface area contributed by atoms with Gasteiger partial charge in [-0.3, -0.25) is 4.79 Å². The van der Waals surface area contributed by atoms with Gasteiger partial charge in [0, 0.05) is 6.42 Å². The Hall–Kier alpha value is 0.430. The molecule has 0 spiro atoms. The Balaban J connectivity index is -0.000000109. The van der Waals surface area contributed by atoms with Gasteiger partial charge < -0.3 is 10.2 Å². The molecule has 0 saturated heterocycles. The van der Waals surface area contributed by atoms with Crippen LogP contribution in [-0.2, 0) is 4.79 Å². The normalized spacial score (nSPS) is 6.11. The van der Waals surface area contributed by atoms with Gasteiger partial charge in [0.05, 0.1) is 0 Å². The van der Waals surface area contributed by atoms with E-state index in [-0.39, 0.29) is 29.6 Å². The third kappa shape index (κ3) is 29.6. The van der Waals surface area contributed by atoms with E-state index in [0.717, 1.165) is 13.5 Å². The number of carboxylic acids is 1. The first-order valence-electron chi connectivity index (χ1n) is 2.40. The second-order valence-electron chi connectivity index (χ2n) is 1.14. The number of hydrogen-bond acceptors (Lipinski definition) is 2. The summed E-state index contributed by atoms with van der Waals surface area (Å²) in [5.41, 5.74) is 0. The van der Waals surface area contributed by atoms with Gasteiger partial charge in [0.1, 0.15) is 0 Å². The van der Waals surface area contributed by atoms with Gasteiger partial charge in [0.15, 0.2) is 0 Å². The summed E-state index contributed by atoms with van der Waals surface area (Å²) in [6, 6.07) is 0. The molecule has 0 aliphatic heterocycles. The van der Waals surface area contributed by atoms with Crippen molar-refractivity contribution in [3.8, 4) is 0 Å². The number of carbonyl (C=O) groups is 1. The molecule has 0 aliphatic carbocycles. The predicted molar refractivity (Wildman–Crippen MR) is 28.5 cm³/mol. The van der Waals surface area contributed by atoms with Gasteiger partial charge in [-0.1, -0.05) is 6.92 Å². The summed E-state index contributed by atoms with van der Waals surface area (Å²) in [6.45, 7) is 1.84.